The molecule has 126 valence electrons. The van der Waals surface area contributed by atoms with Crippen LogP contribution in [0.25, 0.3) is 0 Å². The molecular weight excluding hydrogens is 304 g/mol. The molecular formula is C15H20N2O6. The van der Waals surface area contributed by atoms with Crippen molar-refractivity contribution in [2.24, 2.45) is 0 Å². The Hall–Kier alpha value is -2.77. The summed E-state index contributed by atoms with van der Waals surface area (Å²) in [5, 5.41) is 4.47. The van der Waals surface area contributed by atoms with E-state index >= 15 is 0 Å². The molecule has 0 saturated heterocycles. The fourth-order valence-electron chi connectivity index (χ4n) is 1.74. The summed E-state index contributed by atoms with van der Waals surface area (Å²) in [7, 11) is 2.83. The average molecular weight is 324 g/mol. The van der Waals surface area contributed by atoms with Gasteiger partial charge in [-0.05, 0) is 26.0 Å². The van der Waals surface area contributed by atoms with Crippen LogP contribution in [0.3, 0.4) is 0 Å². The predicted octanol–water partition coefficient (Wildman–Crippen LogP) is 1.09. The van der Waals surface area contributed by atoms with Crippen molar-refractivity contribution in [2.75, 3.05) is 20.8 Å². The molecule has 23 heavy (non-hydrogen) atoms. The second-order valence-electron chi connectivity index (χ2n) is 4.44. The maximum Gasteiger partial charge on any atom is 0.342 e. The summed E-state index contributed by atoms with van der Waals surface area (Å²) in [5.74, 6) is -0.928. The fraction of sp³-hybridized carbons (Fsp3) is 0.400. The minimum absolute atomic E-state index is 0.115. The van der Waals surface area contributed by atoms with E-state index in [0.29, 0.717) is 12.3 Å². The summed E-state index contributed by atoms with van der Waals surface area (Å²) in [5.41, 5.74) is 0.115. The number of imide groups is 1. The molecule has 0 radical (unpaired) electrons. The number of carbonyl (C=O) groups excluding carboxylic acids is 3. The summed E-state index contributed by atoms with van der Waals surface area (Å²) >= 11 is 0. The molecule has 1 rings (SSSR count). The topological polar surface area (TPSA) is 103 Å². The van der Waals surface area contributed by atoms with Crippen molar-refractivity contribution in [3.05, 3.63) is 23.8 Å². The van der Waals surface area contributed by atoms with Gasteiger partial charge in [-0.1, -0.05) is 6.07 Å². The lowest BCUT2D eigenvalue weighted by Gasteiger charge is -2.15. The zero-order chi connectivity index (χ0) is 17.4. The largest absolute Gasteiger partial charge is 0.493 e. The Bertz CT molecular complexity index is 587. The number of carbonyl (C=O) groups is 3. The molecule has 3 amide bonds. The first kappa shape index (κ1) is 18.3. The Morgan fingerprint density at radius 3 is 2.43 bits per heavy atom. The molecule has 0 aromatic heterocycles. The smallest absolute Gasteiger partial charge is 0.342 e. The summed E-state index contributed by atoms with van der Waals surface area (Å²) in [6.07, 6.45) is -1.15. The van der Waals surface area contributed by atoms with E-state index in [9.17, 15) is 14.4 Å². The Labute approximate surface area is 134 Å². The fourth-order valence-corrected chi connectivity index (χ4v) is 1.74. The highest BCUT2D eigenvalue weighted by Gasteiger charge is 2.24. The van der Waals surface area contributed by atoms with Crippen molar-refractivity contribution in [1.82, 2.24) is 10.6 Å². The van der Waals surface area contributed by atoms with Crippen molar-refractivity contribution in [3.8, 4) is 11.5 Å². The number of ether oxygens (including phenoxy) is 3. The molecule has 1 aromatic carbocycles. The van der Waals surface area contributed by atoms with E-state index in [1.54, 1.807) is 19.1 Å². The number of para-hydroxylation sites is 1. The zero-order valence-corrected chi connectivity index (χ0v) is 13.5. The molecule has 0 heterocycles. The van der Waals surface area contributed by atoms with Crippen LogP contribution in [0.4, 0.5) is 4.79 Å². The average Bonchev–Trinajstić information content (AvgIpc) is 2.53. The van der Waals surface area contributed by atoms with Gasteiger partial charge in [0.05, 0.1) is 14.2 Å². The van der Waals surface area contributed by atoms with Gasteiger partial charge in [-0.25, -0.2) is 9.59 Å². The number of esters is 1. The van der Waals surface area contributed by atoms with E-state index in [2.05, 4.69) is 10.6 Å². The highest BCUT2D eigenvalue weighted by molar-refractivity contribution is 5.99. The molecule has 1 aromatic rings. The van der Waals surface area contributed by atoms with Crippen LogP contribution in [0, 0.1) is 0 Å². The maximum atomic E-state index is 12.2. The predicted molar refractivity (Wildman–Crippen MR) is 81.6 cm³/mol. The third kappa shape index (κ3) is 4.87. The third-order valence-corrected chi connectivity index (χ3v) is 2.85. The van der Waals surface area contributed by atoms with E-state index in [-0.39, 0.29) is 11.3 Å². The summed E-state index contributed by atoms with van der Waals surface area (Å²) in [6, 6.07) is 4.05. The van der Waals surface area contributed by atoms with Gasteiger partial charge in [0.2, 0.25) is 0 Å². The molecule has 0 fully saturated rings. The van der Waals surface area contributed by atoms with Gasteiger partial charge in [0.1, 0.15) is 5.56 Å². The van der Waals surface area contributed by atoms with E-state index in [1.165, 1.54) is 27.2 Å². The number of hydrogen-bond acceptors (Lipinski definition) is 6. The lowest BCUT2D eigenvalue weighted by atomic mass is 10.2. The van der Waals surface area contributed by atoms with Crippen LogP contribution >= 0.6 is 0 Å². The minimum Gasteiger partial charge on any atom is -0.493 e. The Kier molecular flexibility index (Phi) is 6.85. The van der Waals surface area contributed by atoms with Crippen LogP contribution in [-0.2, 0) is 9.53 Å². The molecule has 0 aliphatic carbocycles. The Morgan fingerprint density at radius 1 is 1.17 bits per heavy atom. The molecule has 2 N–H and O–H groups in total. The Balaban J connectivity index is 2.79. The molecule has 0 unspecified atom stereocenters. The highest BCUT2D eigenvalue weighted by Crippen LogP contribution is 2.31. The van der Waals surface area contributed by atoms with Crippen molar-refractivity contribution in [2.45, 2.75) is 20.0 Å². The molecule has 8 nitrogen and oxygen atoms in total. The van der Waals surface area contributed by atoms with Crippen LogP contribution in [0.1, 0.15) is 24.2 Å². The second-order valence-corrected chi connectivity index (χ2v) is 4.44. The van der Waals surface area contributed by atoms with Gasteiger partial charge in [0.15, 0.2) is 17.6 Å². The lowest BCUT2D eigenvalue weighted by Crippen LogP contribution is -2.44. The van der Waals surface area contributed by atoms with Gasteiger partial charge in [-0.2, -0.15) is 0 Å². The number of amides is 3. The molecule has 0 spiro atoms. The van der Waals surface area contributed by atoms with Crippen molar-refractivity contribution in [3.63, 3.8) is 0 Å². The van der Waals surface area contributed by atoms with Crippen LogP contribution < -0.4 is 20.1 Å². The number of hydrogen-bond donors (Lipinski definition) is 2. The molecule has 8 heteroatoms. The molecule has 0 aliphatic rings. The van der Waals surface area contributed by atoms with Gasteiger partial charge in [0, 0.05) is 6.54 Å². The third-order valence-electron chi connectivity index (χ3n) is 2.85. The first-order valence-corrected chi connectivity index (χ1v) is 6.95. The van der Waals surface area contributed by atoms with Gasteiger partial charge in [-0.3, -0.25) is 10.1 Å². The SMILES string of the molecule is CCNC(=O)NC(=O)[C@@H](C)OC(=O)c1cccc(OC)c1OC. The monoisotopic (exact) mass is 324 g/mol. The minimum atomic E-state index is -1.15. The summed E-state index contributed by atoms with van der Waals surface area (Å²) in [6.45, 7) is 3.44. The normalized spacial score (nSPS) is 11.1. The number of benzene rings is 1. The number of methoxy groups -OCH3 is 2. The van der Waals surface area contributed by atoms with Crippen LogP contribution in [0.5, 0.6) is 11.5 Å². The maximum absolute atomic E-state index is 12.2. The van der Waals surface area contributed by atoms with Gasteiger partial charge >= 0.3 is 12.0 Å². The summed E-state index contributed by atoms with van der Waals surface area (Å²) in [4.78, 5) is 35.2. The standard InChI is InChI=1S/C15H20N2O6/c1-5-16-15(20)17-13(18)9(2)23-14(19)10-7-6-8-11(21-3)12(10)22-4/h6-9H,5H2,1-4H3,(H2,16,17,18,20)/t9-/m1/s1. The number of nitrogens with one attached hydrogen (secondary N) is 2. The highest BCUT2D eigenvalue weighted by atomic mass is 16.6. The van der Waals surface area contributed by atoms with E-state index < -0.39 is 24.0 Å². The van der Waals surface area contributed by atoms with Crippen molar-refractivity contribution in [1.29, 1.82) is 0 Å². The first-order valence-electron chi connectivity index (χ1n) is 6.95. The molecule has 0 bridgehead atoms. The van der Waals surface area contributed by atoms with Crippen molar-refractivity contribution >= 4 is 17.9 Å². The number of urea groups is 1. The van der Waals surface area contributed by atoms with Crippen LogP contribution in [0.15, 0.2) is 18.2 Å². The van der Waals surface area contributed by atoms with E-state index in [0.717, 1.165) is 0 Å². The Morgan fingerprint density at radius 2 is 1.87 bits per heavy atom. The zero-order valence-electron chi connectivity index (χ0n) is 13.5. The summed E-state index contributed by atoms with van der Waals surface area (Å²) < 4.78 is 15.3. The van der Waals surface area contributed by atoms with Crippen LogP contribution in [0.2, 0.25) is 0 Å². The second kappa shape index (κ2) is 8.62. The van der Waals surface area contributed by atoms with E-state index in [1.807, 2.05) is 0 Å². The van der Waals surface area contributed by atoms with Gasteiger partial charge < -0.3 is 19.5 Å². The van der Waals surface area contributed by atoms with E-state index in [4.69, 9.17) is 14.2 Å². The first-order chi connectivity index (χ1) is 10.9. The van der Waals surface area contributed by atoms with Gasteiger partial charge in [0.25, 0.3) is 5.91 Å². The molecule has 1 atom stereocenters. The van der Waals surface area contributed by atoms with Gasteiger partial charge in [-0.15, -0.1) is 0 Å². The lowest BCUT2D eigenvalue weighted by molar-refractivity contribution is -0.127. The number of rotatable bonds is 6. The van der Waals surface area contributed by atoms with Crippen molar-refractivity contribution < 1.29 is 28.6 Å². The van der Waals surface area contributed by atoms with Crippen LogP contribution in [-0.4, -0.2) is 44.8 Å². The quantitative estimate of drug-likeness (QED) is 0.760. The molecule has 0 saturated carbocycles. The molecule has 0 aliphatic heterocycles.